The van der Waals surface area contributed by atoms with Gasteiger partial charge in [-0.25, -0.2) is 0 Å². The predicted molar refractivity (Wildman–Crippen MR) is 101 cm³/mol. The molecule has 25 heavy (non-hydrogen) atoms. The average Bonchev–Trinajstić information content (AvgIpc) is 3.06. The lowest BCUT2D eigenvalue weighted by Crippen LogP contribution is -2.52. The third kappa shape index (κ3) is 4.61. The first-order valence-corrected chi connectivity index (χ1v) is 10.9. The van der Waals surface area contributed by atoms with E-state index < -0.39 is 0 Å². The minimum absolute atomic E-state index is 0.628. The second-order valence-corrected chi connectivity index (χ2v) is 8.87. The Morgan fingerprint density at radius 2 is 1.76 bits per heavy atom. The van der Waals surface area contributed by atoms with Crippen LogP contribution in [-0.2, 0) is 0 Å². The molecule has 4 aliphatic heterocycles. The molecule has 142 valence electrons. The maximum atomic E-state index is 4.97. The Kier molecular flexibility index (Phi) is 6.04. The fourth-order valence-corrected chi connectivity index (χ4v) is 5.39. The molecule has 0 saturated carbocycles. The van der Waals surface area contributed by atoms with Crippen molar-refractivity contribution in [2.24, 2.45) is 5.11 Å². The van der Waals surface area contributed by atoms with Gasteiger partial charge < -0.3 is 9.80 Å². The Labute approximate surface area is 154 Å². The van der Waals surface area contributed by atoms with Crippen LogP contribution in [0.15, 0.2) is 5.11 Å². The molecule has 4 aliphatic rings. The van der Waals surface area contributed by atoms with Crippen molar-refractivity contribution in [2.75, 3.05) is 59.4 Å². The largest absolute Gasteiger partial charge is 0.306 e. The van der Waals surface area contributed by atoms with E-state index in [9.17, 15) is 0 Å². The van der Waals surface area contributed by atoms with Crippen molar-refractivity contribution in [3.8, 4) is 0 Å². The van der Waals surface area contributed by atoms with Crippen LogP contribution < -0.4 is 0 Å². The highest BCUT2D eigenvalue weighted by atomic mass is 15.3. The number of hydrogen-bond acceptors (Lipinski definition) is 4. The minimum Gasteiger partial charge on any atom is -0.306 e. The number of azo groups is 2. The van der Waals surface area contributed by atoms with E-state index in [1.165, 1.54) is 104 Å². The molecule has 3 saturated heterocycles. The molecule has 4 rings (SSSR count). The van der Waals surface area contributed by atoms with Crippen LogP contribution in [-0.4, -0.2) is 96.9 Å². The number of nitrogens with zero attached hydrogens (tertiary/aromatic N) is 5. The van der Waals surface area contributed by atoms with Gasteiger partial charge in [-0.05, 0) is 63.9 Å². The Bertz CT molecular complexity index is 449. The summed E-state index contributed by atoms with van der Waals surface area (Å²) in [5.74, 6) is 0. The Balaban J connectivity index is 1.12. The summed E-state index contributed by atoms with van der Waals surface area (Å²) in [4.78, 5) is 7.95. The summed E-state index contributed by atoms with van der Waals surface area (Å²) in [5, 5.41) is 4.97. The van der Waals surface area contributed by atoms with Crippen LogP contribution in [0.3, 0.4) is 0 Å². The van der Waals surface area contributed by atoms with E-state index in [4.69, 9.17) is 5.11 Å². The highest BCUT2D eigenvalue weighted by Crippen LogP contribution is 2.27. The molecular formula is C20H38N5+. The second-order valence-electron chi connectivity index (χ2n) is 8.87. The van der Waals surface area contributed by atoms with Gasteiger partial charge in [-0.1, -0.05) is 0 Å². The van der Waals surface area contributed by atoms with Gasteiger partial charge >= 0.3 is 0 Å². The van der Waals surface area contributed by atoms with Gasteiger partial charge in [0.15, 0.2) is 12.6 Å². The molecule has 2 unspecified atom stereocenters. The summed E-state index contributed by atoms with van der Waals surface area (Å²) in [5.41, 5.74) is 0. The molecule has 2 atom stereocenters. The van der Waals surface area contributed by atoms with Gasteiger partial charge in [0.05, 0.1) is 0 Å². The first kappa shape index (κ1) is 17.9. The molecule has 0 aromatic rings. The normalized spacial score (nSPS) is 33.4. The SMILES string of the molecule is CN1CCC(N2CCN(CCCC3CC4CCCC[N+]4=N3)CC2)CC1. The Hall–Kier alpha value is -0.520. The van der Waals surface area contributed by atoms with Gasteiger partial charge in [0.1, 0.15) is 6.04 Å². The van der Waals surface area contributed by atoms with E-state index in [0.717, 1.165) is 12.1 Å². The molecule has 5 nitrogen and oxygen atoms in total. The standard InChI is InChI=1S/C20H38N5/c1-22-11-7-19(8-12-22)24-15-13-23(14-16-24)9-4-5-18-17-20-6-2-3-10-25(20)21-18/h18-20H,2-17H2,1H3/q+1. The zero-order valence-electron chi connectivity index (χ0n) is 16.3. The molecule has 5 heteroatoms. The van der Waals surface area contributed by atoms with Crippen LogP contribution >= 0.6 is 0 Å². The van der Waals surface area contributed by atoms with Crippen LogP contribution in [0.5, 0.6) is 0 Å². The van der Waals surface area contributed by atoms with Crippen molar-refractivity contribution in [2.45, 2.75) is 69.5 Å². The smallest absolute Gasteiger partial charge is 0.180 e. The molecule has 0 N–H and O–H groups in total. The quantitative estimate of drug-likeness (QED) is 0.713. The van der Waals surface area contributed by atoms with Crippen LogP contribution in [0.25, 0.3) is 0 Å². The molecule has 3 fully saturated rings. The molecule has 0 aromatic heterocycles. The van der Waals surface area contributed by atoms with Crippen molar-refractivity contribution >= 4 is 0 Å². The molecule has 4 heterocycles. The van der Waals surface area contributed by atoms with Crippen LogP contribution in [0.1, 0.15) is 51.4 Å². The van der Waals surface area contributed by atoms with E-state index in [1.54, 1.807) is 0 Å². The van der Waals surface area contributed by atoms with Gasteiger partial charge in [-0.3, -0.25) is 4.90 Å². The van der Waals surface area contributed by atoms with E-state index in [1.807, 2.05) is 0 Å². The maximum Gasteiger partial charge on any atom is 0.180 e. The molecule has 0 bridgehead atoms. The Morgan fingerprint density at radius 1 is 0.960 bits per heavy atom. The molecule has 0 radical (unpaired) electrons. The first-order chi connectivity index (χ1) is 12.3. The summed E-state index contributed by atoms with van der Waals surface area (Å²) in [6.45, 7) is 10.2. The lowest BCUT2D eigenvalue weighted by atomic mass is 9.98. The summed E-state index contributed by atoms with van der Waals surface area (Å²) < 4.78 is 2.43. The Morgan fingerprint density at radius 3 is 2.52 bits per heavy atom. The van der Waals surface area contributed by atoms with Crippen LogP contribution in [0.2, 0.25) is 0 Å². The van der Waals surface area contributed by atoms with Crippen molar-refractivity contribution in [3.05, 3.63) is 0 Å². The monoisotopic (exact) mass is 348 g/mol. The van der Waals surface area contributed by atoms with Gasteiger partial charge in [-0.2, -0.15) is 0 Å². The summed E-state index contributed by atoms with van der Waals surface area (Å²) in [7, 11) is 2.26. The van der Waals surface area contributed by atoms with Crippen molar-refractivity contribution < 1.29 is 4.70 Å². The number of piperazine rings is 1. The third-order valence-electron chi connectivity index (χ3n) is 7.07. The molecular weight excluding hydrogens is 310 g/mol. The lowest BCUT2D eigenvalue weighted by Gasteiger charge is -2.42. The van der Waals surface area contributed by atoms with Crippen molar-refractivity contribution in [1.82, 2.24) is 14.7 Å². The second kappa shape index (κ2) is 8.45. The van der Waals surface area contributed by atoms with Gasteiger partial charge in [0.2, 0.25) is 0 Å². The number of likely N-dealkylation sites (tertiary alicyclic amines) is 1. The molecule has 0 aliphatic carbocycles. The van der Waals surface area contributed by atoms with Crippen molar-refractivity contribution in [1.29, 1.82) is 0 Å². The zero-order valence-corrected chi connectivity index (χ0v) is 16.3. The van der Waals surface area contributed by atoms with E-state index in [2.05, 4.69) is 26.4 Å². The molecule has 0 amide bonds. The summed E-state index contributed by atoms with van der Waals surface area (Å²) in [6.07, 6.45) is 10.9. The first-order valence-electron chi connectivity index (χ1n) is 10.9. The van der Waals surface area contributed by atoms with E-state index >= 15 is 0 Å². The number of hydrogen-bond donors (Lipinski definition) is 0. The highest BCUT2D eigenvalue weighted by Gasteiger charge is 2.36. The van der Waals surface area contributed by atoms with Gasteiger partial charge in [0.25, 0.3) is 0 Å². The summed E-state index contributed by atoms with van der Waals surface area (Å²) in [6, 6.07) is 2.27. The lowest BCUT2D eigenvalue weighted by molar-refractivity contribution is -0.624. The predicted octanol–water partition coefficient (Wildman–Crippen LogP) is 2.27. The molecule has 0 spiro atoms. The van der Waals surface area contributed by atoms with Gasteiger partial charge in [-0.15, -0.1) is 4.70 Å². The van der Waals surface area contributed by atoms with Crippen LogP contribution in [0.4, 0.5) is 0 Å². The van der Waals surface area contributed by atoms with E-state index in [0.29, 0.717) is 6.04 Å². The molecule has 0 aromatic carbocycles. The van der Waals surface area contributed by atoms with Crippen molar-refractivity contribution in [3.63, 3.8) is 0 Å². The third-order valence-corrected chi connectivity index (χ3v) is 7.07. The zero-order chi connectivity index (χ0) is 17.1. The van der Waals surface area contributed by atoms with Gasteiger partial charge in [0, 0.05) is 51.5 Å². The number of rotatable bonds is 5. The minimum atomic E-state index is 0.628. The fourth-order valence-electron chi connectivity index (χ4n) is 5.39. The number of piperidine rings is 2. The average molecular weight is 349 g/mol. The maximum absolute atomic E-state index is 4.97. The number of fused-ring (bicyclic) bond motifs is 1. The fraction of sp³-hybridized carbons (Fsp3) is 1.00. The highest BCUT2D eigenvalue weighted by molar-refractivity contribution is 4.83. The topological polar surface area (TPSA) is 25.1 Å². The van der Waals surface area contributed by atoms with Crippen LogP contribution in [0, 0.1) is 0 Å². The van der Waals surface area contributed by atoms with E-state index in [-0.39, 0.29) is 0 Å². The summed E-state index contributed by atoms with van der Waals surface area (Å²) >= 11 is 0.